The topological polar surface area (TPSA) is 81.6 Å². The second kappa shape index (κ2) is 7.73. The Kier molecular flexibility index (Phi) is 5.70. The molecule has 0 N–H and O–H groups in total. The van der Waals surface area contributed by atoms with Crippen LogP contribution in [0.25, 0.3) is 11.3 Å². The molecule has 0 fully saturated rings. The van der Waals surface area contributed by atoms with E-state index in [1.54, 1.807) is 18.2 Å². The lowest BCUT2D eigenvalue weighted by atomic mass is 10.2. The van der Waals surface area contributed by atoms with Crippen molar-refractivity contribution < 1.29 is 14.1 Å². The third-order valence-corrected chi connectivity index (χ3v) is 3.54. The second-order valence-corrected chi connectivity index (χ2v) is 5.11. The standard InChI is InChI=1S/C16H21N3O4/c1-4-18(5-2)8-9-22-15-11-13(10-12(3)17-15)14-6-7-16(23-14)19(20)21/h6-7,10-11H,4-5,8-9H2,1-3H3. The van der Waals surface area contributed by atoms with Gasteiger partial charge in [-0.05, 0) is 32.1 Å². The van der Waals surface area contributed by atoms with Gasteiger partial charge in [0, 0.05) is 23.9 Å². The summed E-state index contributed by atoms with van der Waals surface area (Å²) in [4.78, 5) is 16.7. The Morgan fingerprint density at radius 1 is 1.30 bits per heavy atom. The molecule has 0 aromatic carbocycles. The summed E-state index contributed by atoms with van der Waals surface area (Å²) in [5.74, 6) is 0.639. The Bertz CT molecular complexity index is 665. The average molecular weight is 319 g/mol. The SMILES string of the molecule is CCN(CC)CCOc1cc(-c2ccc([N+](=O)[O-])o2)cc(C)n1. The molecule has 0 amide bonds. The summed E-state index contributed by atoms with van der Waals surface area (Å²) >= 11 is 0. The molecule has 0 saturated carbocycles. The van der Waals surface area contributed by atoms with E-state index in [-0.39, 0.29) is 5.88 Å². The monoisotopic (exact) mass is 319 g/mol. The molecule has 2 aromatic rings. The number of aromatic nitrogens is 1. The van der Waals surface area contributed by atoms with Gasteiger partial charge in [-0.3, -0.25) is 10.1 Å². The fourth-order valence-corrected chi connectivity index (χ4v) is 2.25. The maximum absolute atomic E-state index is 10.7. The third kappa shape index (κ3) is 4.53. The Balaban J connectivity index is 2.10. The molecule has 23 heavy (non-hydrogen) atoms. The highest BCUT2D eigenvalue weighted by Crippen LogP contribution is 2.28. The first-order valence-electron chi connectivity index (χ1n) is 7.62. The summed E-state index contributed by atoms with van der Waals surface area (Å²) < 4.78 is 10.9. The van der Waals surface area contributed by atoms with Gasteiger partial charge in [0.15, 0.2) is 0 Å². The molecule has 0 unspecified atom stereocenters. The fraction of sp³-hybridized carbons (Fsp3) is 0.438. The summed E-state index contributed by atoms with van der Waals surface area (Å²) in [5.41, 5.74) is 1.47. The summed E-state index contributed by atoms with van der Waals surface area (Å²) in [6, 6.07) is 6.45. The lowest BCUT2D eigenvalue weighted by molar-refractivity contribution is -0.401. The Labute approximate surface area is 135 Å². The third-order valence-electron chi connectivity index (χ3n) is 3.54. The quantitative estimate of drug-likeness (QED) is 0.548. The van der Waals surface area contributed by atoms with Crippen LogP contribution in [0.3, 0.4) is 0 Å². The van der Waals surface area contributed by atoms with E-state index in [0.29, 0.717) is 23.8 Å². The molecule has 124 valence electrons. The van der Waals surface area contributed by atoms with E-state index in [0.717, 1.165) is 25.3 Å². The Hall–Kier alpha value is -2.41. The lowest BCUT2D eigenvalue weighted by Gasteiger charge is -2.17. The van der Waals surface area contributed by atoms with E-state index < -0.39 is 4.92 Å². The van der Waals surface area contributed by atoms with Crippen LogP contribution in [0.5, 0.6) is 5.88 Å². The number of hydrogen-bond donors (Lipinski definition) is 0. The average Bonchev–Trinajstić information content (AvgIpc) is 3.01. The van der Waals surface area contributed by atoms with E-state index in [4.69, 9.17) is 9.15 Å². The van der Waals surface area contributed by atoms with Crippen molar-refractivity contribution in [3.63, 3.8) is 0 Å². The zero-order valence-corrected chi connectivity index (χ0v) is 13.6. The van der Waals surface area contributed by atoms with E-state index >= 15 is 0 Å². The summed E-state index contributed by atoms with van der Waals surface area (Å²) in [6.07, 6.45) is 0. The number of pyridine rings is 1. The molecular formula is C16H21N3O4. The highest BCUT2D eigenvalue weighted by molar-refractivity contribution is 5.60. The van der Waals surface area contributed by atoms with E-state index in [9.17, 15) is 10.1 Å². The first-order valence-corrected chi connectivity index (χ1v) is 7.62. The van der Waals surface area contributed by atoms with E-state index in [1.165, 1.54) is 6.07 Å². The highest BCUT2D eigenvalue weighted by atomic mass is 16.6. The Morgan fingerprint density at radius 2 is 2.04 bits per heavy atom. The molecule has 2 aromatic heterocycles. The molecule has 7 heteroatoms. The van der Waals surface area contributed by atoms with Gasteiger partial charge in [0.1, 0.15) is 17.3 Å². The molecule has 0 aliphatic heterocycles. The zero-order valence-electron chi connectivity index (χ0n) is 13.6. The fourth-order valence-electron chi connectivity index (χ4n) is 2.25. The summed E-state index contributed by atoms with van der Waals surface area (Å²) in [7, 11) is 0. The first kappa shape index (κ1) is 17.0. The molecule has 0 aliphatic carbocycles. The molecule has 0 spiro atoms. The minimum Gasteiger partial charge on any atom is -0.476 e. The van der Waals surface area contributed by atoms with Crippen molar-refractivity contribution >= 4 is 5.88 Å². The van der Waals surface area contributed by atoms with Gasteiger partial charge in [-0.15, -0.1) is 0 Å². The van der Waals surface area contributed by atoms with Crippen LogP contribution in [0.4, 0.5) is 5.88 Å². The smallest absolute Gasteiger partial charge is 0.433 e. The number of rotatable bonds is 8. The number of likely N-dealkylation sites (N-methyl/N-ethyl adjacent to an activating group) is 1. The van der Waals surface area contributed by atoms with Gasteiger partial charge >= 0.3 is 5.88 Å². The minimum atomic E-state index is -0.557. The number of furan rings is 1. The van der Waals surface area contributed by atoms with Crippen molar-refractivity contribution in [2.24, 2.45) is 0 Å². The van der Waals surface area contributed by atoms with Gasteiger partial charge < -0.3 is 14.1 Å². The van der Waals surface area contributed by atoms with Gasteiger partial charge in [0.25, 0.3) is 0 Å². The molecule has 0 bridgehead atoms. The van der Waals surface area contributed by atoms with Gasteiger partial charge in [0.05, 0.1) is 6.07 Å². The zero-order chi connectivity index (χ0) is 16.8. The highest BCUT2D eigenvalue weighted by Gasteiger charge is 2.14. The lowest BCUT2D eigenvalue weighted by Crippen LogP contribution is -2.28. The van der Waals surface area contributed by atoms with Crippen molar-refractivity contribution in [1.29, 1.82) is 0 Å². The van der Waals surface area contributed by atoms with Crippen LogP contribution >= 0.6 is 0 Å². The predicted molar refractivity (Wildman–Crippen MR) is 86.6 cm³/mol. The first-order chi connectivity index (χ1) is 11.0. The molecule has 0 atom stereocenters. The van der Waals surface area contributed by atoms with E-state index in [2.05, 4.69) is 23.7 Å². The van der Waals surface area contributed by atoms with Crippen molar-refractivity contribution in [2.45, 2.75) is 20.8 Å². The normalized spacial score (nSPS) is 11.0. The molecule has 2 heterocycles. The van der Waals surface area contributed by atoms with Gasteiger partial charge in [-0.25, -0.2) is 4.98 Å². The number of nitrogens with zero attached hydrogens (tertiary/aromatic N) is 3. The van der Waals surface area contributed by atoms with Crippen LogP contribution in [0.2, 0.25) is 0 Å². The van der Waals surface area contributed by atoms with Crippen LogP contribution in [0.1, 0.15) is 19.5 Å². The number of hydrogen-bond acceptors (Lipinski definition) is 6. The minimum absolute atomic E-state index is 0.279. The van der Waals surface area contributed by atoms with Crippen LogP contribution in [-0.4, -0.2) is 41.0 Å². The largest absolute Gasteiger partial charge is 0.476 e. The number of aryl methyl sites for hydroxylation is 1. The van der Waals surface area contributed by atoms with Gasteiger partial charge in [-0.1, -0.05) is 13.8 Å². The Morgan fingerprint density at radius 3 is 2.65 bits per heavy atom. The van der Waals surface area contributed by atoms with Crippen LogP contribution < -0.4 is 4.74 Å². The second-order valence-electron chi connectivity index (χ2n) is 5.11. The molecular weight excluding hydrogens is 298 g/mol. The van der Waals surface area contributed by atoms with Crippen LogP contribution in [0, 0.1) is 17.0 Å². The van der Waals surface area contributed by atoms with E-state index in [1.807, 2.05) is 6.92 Å². The molecule has 7 nitrogen and oxygen atoms in total. The predicted octanol–water partition coefficient (Wildman–Crippen LogP) is 3.28. The summed E-state index contributed by atoms with van der Waals surface area (Å²) in [6.45, 7) is 9.37. The number of nitro groups is 1. The van der Waals surface area contributed by atoms with Gasteiger partial charge in [-0.2, -0.15) is 0 Å². The molecule has 0 radical (unpaired) electrons. The van der Waals surface area contributed by atoms with Crippen molar-refractivity contribution in [1.82, 2.24) is 9.88 Å². The van der Waals surface area contributed by atoms with Gasteiger partial charge in [0.2, 0.25) is 5.88 Å². The molecule has 0 saturated heterocycles. The molecule has 2 rings (SSSR count). The van der Waals surface area contributed by atoms with Crippen molar-refractivity contribution in [3.05, 3.63) is 40.1 Å². The maximum atomic E-state index is 10.7. The number of ether oxygens (including phenoxy) is 1. The van der Waals surface area contributed by atoms with Crippen LogP contribution in [0.15, 0.2) is 28.7 Å². The van der Waals surface area contributed by atoms with Crippen LogP contribution in [-0.2, 0) is 0 Å². The van der Waals surface area contributed by atoms with Crippen molar-refractivity contribution in [3.8, 4) is 17.2 Å². The maximum Gasteiger partial charge on any atom is 0.433 e. The molecule has 0 aliphatic rings. The van der Waals surface area contributed by atoms with Crippen molar-refractivity contribution in [2.75, 3.05) is 26.2 Å². The summed E-state index contributed by atoms with van der Waals surface area (Å²) in [5, 5.41) is 10.7.